The molecule has 1 saturated heterocycles. The first-order valence-corrected chi connectivity index (χ1v) is 9.78. The molecule has 0 spiro atoms. The van der Waals surface area contributed by atoms with Crippen LogP contribution in [0.25, 0.3) is 10.9 Å². The summed E-state index contributed by atoms with van der Waals surface area (Å²) in [6.45, 7) is 5.50. The van der Waals surface area contributed by atoms with E-state index in [2.05, 4.69) is 34.6 Å². The molecule has 3 heterocycles. The summed E-state index contributed by atoms with van der Waals surface area (Å²) in [5, 5.41) is 1.43. The maximum Gasteiger partial charge on any atom is 0.123 e. The van der Waals surface area contributed by atoms with E-state index in [-0.39, 0.29) is 5.82 Å². The molecule has 0 N–H and O–H groups in total. The number of rotatable bonds is 3. The van der Waals surface area contributed by atoms with E-state index in [1.54, 1.807) is 17.7 Å². The van der Waals surface area contributed by atoms with Crippen molar-refractivity contribution in [1.29, 1.82) is 0 Å². The largest absolute Gasteiger partial charge is 0.344 e. The molecule has 0 radical (unpaired) electrons. The Morgan fingerprint density at radius 1 is 1.12 bits per heavy atom. The molecule has 2 nitrogen and oxygen atoms in total. The number of aryl methyl sites for hydroxylation is 3. The van der Waals surface area contributed by atoms with Crippen LogP contribution >= 0.6 is 0 Å². The Labute approximate surface area is 154 Å². The van der Waals surface area contributed by atoms with E-state index in [0.717, 1.165) is 25.6 Å². The van der Waals surface area contributed by atoms with Crippen molar-refractivity contribution in [2.24, 2.45) is 0 Å². The molecule has 1 fully saturated rings. The van der Waals surface area contributed by atoms with E-state index in [9.17, 15) is 4.39 Å². The van der Waals surface area contributed by atoms with Crippen molar-refractivity contribution < 1.29 is 4.39 Å². The fraction of sp³-hybridized carbons (Fsp3) is 0.391. The average molecular weight is 348 g/mol. The molecule has 3 aromatic rings. The smallest absolute Gasteiger partial charge is 0.123 e. The zero-order valence-electron chi connectivity index (χ0n) is 15.3. The highest BCUT2D eigenvalue weighted by Crippen LogP contribution is 2.37. The van der Waals surface area contributed by atoms with Gasteiger partial charge in [0.15, 0.2) is 0 Å². The molecular weight excluding hydrogens is 323 g/mol. The average Bonchev–Trinajstić information content (AvgIpc) is 3.21. The van der Waals surface area contributed by atoms with E-state index >= 15 is 0 Å². The van der Waals surface area contributed by atoms with Crippen LogP contribution in [0.3, 0.4) is 0 Å². The Morgan fingerprint density at radius 3 is 2.81 bits per heavy atom. The van der Waals surface area contributed by atoms with Gasteiger partial charge in [0.05, 0.1) is 0 Å². The van der Waals surface area contributed by atoms with Crippen molar-refractivity contribution in [2.75, 3.05) is 6.54 Å². The minimum atomic E-state index is -0.158. The molecule has 1 aromatic heterocycles. The first kappa shape index (κ1) is 16.1. The van der Waals surface area contributed by atoms with Crippen molar-refractivity contribution in [3.63, 3.8) is 0 Å². The molecule has 1 atom stereocenters. The monoisotopic (exact) mass is 348 g/mol. The summed E-state index contributed by atoms with van der Waals surface area (Å²) in [5.74, 6) is -0.158. The molecule has 26 heavy (non-hydrogen) atoms. The van der Waals surface area contributed by atoms with Gasteiger partial charge in [-0.05, 0) is 68.1 Å². The van der Waals surface area contributed by atoms with Crippen molar-refractivity contribution in [2.45, 2.75) is 51.7 Å². The molecule has 5 rings (SSSR count). The summed E-state index contributed by atoms with van der Waals surface area (Å²) in [6, 6.07) is 14.6. The van der Waals surface area contributed by atoms with Gasteiger partial charge in [-0.15, -0.1) is 0 Å². The van der Waals surface area contributed by atoms with Crippen LogP contribution in [-0.4, -0.2) is 22.1 Å². The Kier molecular flexibility index (Phi) is 3.86. The normalized spacial score (nSPS) is 19.7. The molecule has 2 aliphatic heterocycles. The SMILES string of the molecule is Cc1ccc2c(c1)c1c(n2CCc2ccc(F)cc2)CC2CCCN2C1. The second-order valence-electron chi connectivity index (χ2n) is 7.94. The molecular formula is C23H25FN2. The Balaban J connectivity index is 1.54. The molecule has 0 amide bonds. The highest BCUT2D eigenvalue weighted by atomic mass is 19.1. The zero-order chi connectivity index (χ0) is 17.7. The third-order valence-corrected chi connectivity index (χ3v) is 6.27. The van der Waals surface area contributed by atoms with Gasteiger partial charge in [-0.2, -0.15) is 0 Å². The molecule has 1 unspecified atom stereocenters. The molecule has 0 saturated carbocycles. The van der Waals surface area contributed by atoms with Crippen LogP contribution in [0, 0.1) is 12.7 Å². The summed E-state index contributed by atoms with van der Waals surface area (Å²) in [4.78, 5) is 2.68. The quantitative estimate of drug-likeness (QED) is 0.657. The lowest BCUT2D eigenvalue weighted by molar-refractivity contribution is 0.224. The number of benzene rings is 2. The van der Waals surface area contributed by atoms with Crippen LogP contribution in [0.2, 0.25) is 0 Å². The maximum absolute atomic E-state index is 13.2. The minimum Gasteiger partial charge on any atom is -0.344 e. The van der Waals surface area contributed by atoms with E-state index < -0.39 is 0 Å². The van der Waals surface area contributed by atoms with E-state index in [0.29, 0.717) is 0 Å². The maximum atomic E-state index is 13.2. The van der Waals surface area contributed by atoms with E-state index in [1.165, 1.54) is 53.5 Å². The zero-order valence-corrected chi connectivity index (χ0v) is 15.3. The molecule has 2 aromatic carbocycles. The number of nitrogens with zero attached hydrogens (tertiary/aromatic N) is 2. The third-order valence-electron chi connectivity index (χ3n) is 6.27. The van der Waals surface area contributed by atoms with Crippen LogP contribution in [0.1, 0.15) is 35.2 Å². The highest BCUT2D eigenvalue weighted by Gasteiger charge is 2.33. The topological polar surface area (TPSA) is 8.17 Å². The predicted octanol–water partition coefficient (Wildman–Crippen LogP) is 4.85. The molecule has 134 valence electrons. The summed E-state index contributed by atoms with van der Waals surface area (Å²) < 4.78 is 15.7. The third kappa shape index (κ3) is 2.66. The van der Waals surface area contributed by atoms with Crippen LogP contribution in [0.15, 0.2) is 42.5 Å². The van der Waals surface area contributed by atoms with Gasteiger partial charge >= 0.3 is 0 Å². The summed E-state index contributed by atoms with van der Waals surface area (Å²) >= 11 is 0. The van der Waals surface area contributed by atoms with Gasteiger partial charge in [-0.25, -0.2) is 4.39 Å². The Morgan fingerprint density at radius 2 is 1.96 bits per heavy atom. The number of hydrogen-bond donors (Lipinski definition) is 0. The van der Waals surface area contributed by atoms with Gasteiger partial charge in [0, 0.05) is 42.1 Å². The fourth-order valence-corrected chi connectivity index (χ4v) is 4.91. The van der Waals surface area contributed by atoms with Crippen molar-refractivity contribution >= 4 is 10.9 Å². The van der Waals surface area contributed by atoms with Crippen LogP contribution in [0.4, 0.5) is 4.39 Å². The van der Waals surface area contributed by atoms with Gasteiger partial charge in [0.2, 0.25) is 0 Å². The highest BCUT2D eigenvalue weighted by molar-refractivity contribution is 5.86. The number of hydrogen-bond acceptors (Lipinski definition) is 1. The summed E-state index contributed by atoms with van der Waals surface area (Å²) in [5.41, 5.74) is 6.98. The number of aromatic nitrogens is 1. The molecule has 3 heteroatoms. The van der Waals surface area contributed by atoms with E-state index in [1.807, 2.05) is 12.1 Å². The van der Waals surface area contributed by atoms with Gasteiger partial charge < -0.3 is 4.57 Å². The first-order chi connectivity index (χ1) is 12.7. The second-order valence-corrected chi connectivity index (χ2v) is 7.94. The molecule has 0 aliphatic carbocycles. The minimum absolute atomic E-state index is 0.158. The Bertz CT molecular complexity index is 954. The van der Waals surface area contributed by atoms with Gasteiger partial charge in [-0.3, -0.25) is 4.90 Å². The summed E-state index contributed by atoms with van der Waals surface area (Å²) in [7, 11) is 0. The van der Waals surface area contributed by atoms with Crippen molar-refractivity contribution in [1.82, 2.24) is 9.47 Å². The predicted molar refractivity (Wildman–Crippen MR) is 104 cm³/mol. The van der Waals surface area contributed by atoms with Crippen LogP contribution in [0.5, 0.6) is 0 Å². The lowest BCUT2D eigenvalue weighted by Crippen LogP contribution is -2.35. The second kappa shape index (κ2) is 6.24. The number of halogens is 1. The lowest BCUT2D eigenvalue weighted by Gasteiger charge is -2.30. The van der Waals surface area contributed by atoms with Crippen molar-refractivity contribution in [3.8, 4) is 0 Å². The summed E-state index contributed by atoms with van der Waals surface area (Å²) in [6.07, 6.45) is 4.78. The van der Waals surface area contributed by atoms with Gasteiger partial charge in [0.1, 0.15) is 5.82 Å². The first-order valence-electron chi connectivity index (χ1n) is 9.78. The van der Waals surface area contributed by atoms with E-state index in [4.69, 9.17) is 0 Å². The van der Waals surface area contributed by atoms with Crippen molar-refractivity contribution in [3.05, 3.63) is 70.7 Å². The van der Waals surface area contributed by atoms with Crippen LogP contribution in [-0.2, 0) is 25.9 Å². The Hall–Kier alpha value is -2.13. The molecule has 0 bridgehead atoms. The fourth-order valence-electron chi connectivity index (χ4n) is 4.91. The van der Waals surface area contributed by atoms with Crippen LogP contribution < -0.4 is 0 Å². The lowest BCUT2D eigenvalue weighted by atomic mass is 9.98. The van der Waals surface area contributed by atoms with Gasteiger partial charge in [0.25, 0.3) is 0 Å². The van der Waals surface area contributed by atoms with Gasteiger partial charge in [-0.1, -0.05) is 23.8 Å². The standard InChI is InChI=1S/C23H25FN2/c1-16-4-9-22-20(13-16)21-15-25-11-2-3-19(25)14-23(21)26(22)12-10-17-5-7-18(24)8-6-17/h4-9,13,19H,2-3,10-12,14-15H2,1H3. The number of fused-ring (bicyclic) bond motifs is 4. The molecule has 2 aliphatic rings.